The minimum absolute atomic E-state index is 0.718. The van der Waals surface area contributed by atoms with Gasteiger partial charge in [-0.2, -0.15) is 5.10 Å². The van der Waals surface area contributed by atoms with Gasteiger partial charge in [-0.05, 0) is 37.7 Å². The molecule has 0 aliphatic heterocycles. The minimum atomic E-state index is 0.718. The number of benzene rings is 1. The summed E-state index contributed by atoms with van der Waals surface area (Å²) in [4.78, 5) is 0. The first-order chi connectivity index (χ1) is 7.70. The van der Waals surface area contributed by atoms with E-state index in [4.69, 9.17) is 11.6 Å². The second-order valence-electron chi connectivity index (χ2n) is 3.72. The lowest BCUT2D eigenvalue weighted by atomic mass is 10.2. The minimum Gasteiger partial charge on any atom is -0.316 e. The zero-order valence-corrected chi connectivity index (χ0v) is 10.1. The van der Waals surface area contributed by atoms with Crippen molar-refractivity contribution in [3.05, 3.63) is 46.7 Å². The second kappa shape index (κ2) is 4.68. The molecule has 0 bridgehead atoms. The van der Waals surface area contributed by atoms with Crippen molar-refractivity contribution in [3.8, 4) is 5.69 Å². The summed E-state index contributed by atoms with van der Waals surface area (Å²) in [5, 5.41) is 8.15. The summed E-state index contributed by atoms with van der Waals surface area (Å²) in [7, 11) is 1.92. The van der Waals surface area contributed by atoms with Crippen LogP contribution in [-0.2, 0) is 6.54 Å². The van der Waals surface area contributed by atoms with Gasteiger partial charge in [0, 0.05) is 12.7 Å². The molecule has 0 unspecified atom stereocenters. The Hall–Kier alpha value is -1.32. The monoisotopic (exact) mass is 235 g/mol. The Balaban J connectivity index is 2.36. The third-order valence-electron chi connectivity index (χ3n) is 2.36. The Morgan fingerprint density at radius 2 is 2.19 bits per heavy atom. The van der Waals surface area contributed by atoms with Crippen LogP contribution in [0.25, 0.3) is 5.69 Å². The number of hydrogen-bond acceptors (Lipinski definition) is 2. The number of nitrogens with zero attached hydrogens (tertiary/aromatic N) is 2. The van der Waals surface area contributed by atoms with E-state index in [0.29, 0.717) is 0 Å². The summed E-state index contributed by atoms with van der Waals surface area (Å²) in [6.45, 7) is 2.78. The number of nitrogens with one attached hydrogen (secondary N) is 1. The van der Waals surface area contributed by atoms with Crippen molar-refractivity contribution in [2.24, 2.45) is 0 Å². The van der Waals surface area contributed by atoms with Crippen molar-refractivity contribution in [1.29, 1.82) is 0 Å². The Bertz CT molecular complexity index is 491. The maximum Gasteiger partial charge on any atom is 0.0832 e. The lowest BCUT2D eigenvalue weighted by Crippen LogP contribution is -2.05. The number of hydrogen-bond donors (Lipinski definition) is 1. The van der Waals surface area contributed by atoms with E-state index in [9.17, 15) is 0 Å². The van der Waals surface area contributed by atoms with Gasteiger partial charge in [-0.1, -0.05) is 17.7 Å². The summed E-state index contributed by atoms with van der Waals surface area (Å²) in [5.41, 5.74) is 3.06. The summed E-state index contributed by atoms with van der Waals surface area (Å²) >= 11 is 6.22. The maximum atomic E-state index is 6.22. The molecule has 4 heteroatoms. The van der Waals surface area contributed by atoms with E-state index in [1.54, 1.807) is 4.68 Å². The summed E-state index contributed by atoms with van der Waals surface area (Å²) in [5.74, 6) is 0. The Kier molecular flexibility index (Phi) is 3.27. The predicted octanol–water partition coefficient (Wildman–Crippen LogP) is 2.55. The van der Waals surface area contributed by atoms with Crippen molar-refractivity contribution < 1.29 is 0 Å². The molecule has 0 amide bonds. The highest BCUT2D eigenvalue weighted by Gasteiger charge is 2.04. The van der Waals surface area contributed by atoms with Crippen molar-refractivity contribution in [2.75, 3.05) is 7.05 Å². The van der Waals surface area contributed by atoms with Crippen LogP contribution in [0.1, 0.15) is 11.3 Å². The van der Waals surface area contributed by atoms with Gasteiger partial charge in [0.05, 0.1) is 16.4 Å². The lowest BCUT2D eigenvalue weighted by Gasteiger charge is -2.06. The molecule has 1 aromatic carbocycles. The van der Waals surface area contributed by atoms with Crippen molar-refractivity contribution >= 4 is 11.6 Å². The number of aryl methyl sites for hydroxylation is 1. The smallest absolute Gasteiger partial charge is 0.0832 e. The van der Waals surface area contributed by atoms with E-state index >= 15 is 0 Å². The normalized spacial score (nSPS) is 10.7. The van der Waals surface area contributed by atoms with E-state index in [2.05, 4.69) is 16.5 Å². The molecule has 0 radical (unpaired) electrons. The van der Waals surface area contributed by atoms with Crippen LogP contribution >= 0.6 is 11.6 Å². The first kappa shape index (κ1) is 11.2. The van der Waals surface area contributed by atoms with Crippen LogP contribution in [-0.4, -0.2) is 16.8 Å². The van der Waals surface area contributed by atoms with Gasteiger partial charge in [-0.3, -0.25) is 0 Å². The maximum absolute atomic E-state index is 6.22. The van der Waals surface area contributed by atoms with E-state index in [1.165, 1.54) is 5.56 Å². The third-order valence-corrected chi connectivity index (χ3v) is 2.66. The van der Waals surface area contributed by atoms with Crippen LogP contribution in [0.3, 0.4) is 0 Å². The molecule has 0 saturated carbocycles. The fourth-order valence-corrected chi connectivity index (χ4v) is 1.89. The standard InChI is InChI=1S/C12H14ClN3/c1-9-5-6-16(15-9)12-4-3-10(8-14-2)7-11(12)13/h3-7,14H,8H2,1-2H3. The molecule has 1 aromatic heterocycles. The molecule has 16 heavy (non-hydrogen) atoms. The highest BCUT2D eigenvalue weighted by molar-refractivity contribution is 6.32. The van der Waals surface area contributed by atoms with Crippen molar-refractivity contribution in [3.63, 3.8) is 0 Å². The molecule has 0 aliphatic carbocycles. The van der Waals surface area contributed by atoms with Gasteiger partial charge >= 0.3 is 0 Å². The predicted molar refractivity (Wildman–Crippen MR) is 66.1 cm³/mol. The molecule has 0 atom stereocenters. The average Bonchev–Trinajstić information content (AvgIpc) is 2.65. The first-order valence-corrected chi connectivity index (χ1v) is 5.54. The van der Waals surface area contributed by atoms with Gasteiger partial charge in [0.1, 0.15) is 0 Å². The number of aromatic nitrogens is 2. The molecular weight excluding hydrogens is 222 g/mol. The van der Waals surface area contributed by atoms with Crippen LogP contribution in [0.2, 0.25) is 5.02 Å². The molecule has 1 N–H and O–H groups in total. The zero-order valence-electron chi connectivity index (χ0n) is 9.37. The Morgan fingerprint density at radius 1 is 1.38 bits per heavy atom. The molecule has 0 aliphatic rings. The quantitative estimate of drug-likeness (QED) is 0.886. The van der Waals surface area contributed by atoms with Gasteiger partial charge in [0.15, 0.2) is 0 Å². The molecule has 2 rings (SSSR count). The summed E-state index contributed by atoms with van der Waals surface area (Å²) < 4.78 is 1.79. The molecule has 0 spiro atoms. The third kappa shape index (κ3) is 2.26. The van der Waals surface area contributed by atoms with Crippen molar-refractivity contribution in [1.82, 2.24) is 15.1 Å². The highest BCUT2D eigenvalue weighted by Crippen LogP contribution is 2.21. The highest BCUT2D eigenvalue weighted by atomic mass is 35.5. The zero-order chi connectivity index (χ0) is 11.5. The molecule has 84 valence electrons. The second-order valence-corrected chi connectivity index (χ2v) is 4.12. The number of halogens is 1. The van der Waals surface area contributed by atoms with E-state index in [1.807, 2.05) is 38.4 Å². The average molecular weight is 236 g/mol. The fraction of sp³-hybridized carbons (Fsp3) is 0.250. The first-order valence-electron chi connectivity index (χ1n) is 5.16. The van der Waals surface area contributed by atoms with Crippen LogP contribution in [0, 0.1) is 6.92 Å². The van der Waals surface area contributed by atoms with Crippen LogP contribution < -0.4 is 5.32 Å². The Morgan fingerprint density at radius 3 is 2.75 bits per heavy atom. The van der Waals surface area contributed by atoms with Gasteiger partial charge in [0.25, 0.3) is 0 Å². The topological polar surface area (TPSA) is 29.9 Å². The lowest BCUT2D eigenvalue weighted by molar-refractivity contribution is 0.814. The molecule has 0 saturated heterocycles. The molecule has 0 fully saturated rings. The van der Waals surface area contributed by atoms with Gasteiger partial charge in [-0.15, -0.1) is 0 Å². The van der Waals surface area contributed by atoms with Crippen LogP contribution in [0.15, 0.2) is 30.5 Å². The van der Waals surface area contributed by atoms with Crippen molar-refractivity contribution in [2.45, 2.75) is 13.5 Å². The SMILES string of the molecule is CNCc1ccc(-n2ccc(C)n2)c(Cl)c1. The molecular formula is C12H14ClN3. The molecule has 3 nitrogen and oxygen atoms in total. The fourth-order valence-electron chi connectivity index (χ4n) is 1.60. The van der Waals surface area contributed by atoms with Gasteiger partial charge in [0.2, 0.25) is 0 Å². The summed E-state index contributed by atoms with van der Waals surface area (Å²) in [6, 6.07) is 7.96. The Labute approximate surface area is 100 Å². The van der Waals surface area contributed by atoms with E-state index in [0.717, 1.165) is 22.9 Å². The van der Waals surface area contributed by atoms with E-state index < -0.39 is 0 Å². The molecule has 1 heterocycles. The largest absolute Gasteiger partial charge is 0.316 e. The number of rotatable bonds is 3. The van der Waals surface area contributed by atoms with Gasteiger partial charge < -0.3 is 5.32 Å². The van der Waals surface area contributed by atoms with Crippen LogP contribution in [0.5, 0.6) is 0 Å². The molecule has 2 aromatic rings. The van der Waals surface area contributed by atoms with E-state index in [-0.39, 0.29) is 0 Å². The van der Waals surface area contributed by atoms with Crippen LogP contribution in [0.4, 0.5) is 0 Å². The summed E-state index contributed by atoms with van der Waals surface area (Å²) in [6.07, 6.45) is 1.91. The van der Waals surface area contributed by atoms with Gasteiger partial charge in [-0.25, -0.2) is 4.68 Å².